The lowest BCUT2D eigenvalue weighted by Crippen LogP contribution is -2.22. The van der Waals surface area contributed by atoms with E-state index in [2.05, 4.69) is 4.40 Å². The number of benzene rings is 2. The Kier molecular flexibility index (Phi) is 6.48. The van der Waals surface area contributed by atoms with Gasteiger partial charge in [0.05, 0.1) is 22.8 Å². The Balaban J connectivity index is 2.37. The van der Waals surface area contributed by atoms with Gasteiger partial charge in [-0.25, -0.2) is 9.00 Å². The summed E-state index contributed by atoms with van der Waals surface area (Å²) in [6.07, 6.45) is 0. The van der Waals surface area contributed by atoms with E-state index < -0.39 is 11.0 Å². The lowest BCUT2D eigenvalue weighted by molar-refractivity contribution is 0.0526. The van der Waals surface area contributed by atoms with E-state index in [4.69, 9.17) is 4.74 Å². The van der Waals surface area contributed by atoms with Crippen molar-refractivity contribution in [3.05, 3.63) is 65.2 Å². The highest BCUT2D eigenvalue weighted by Crippen LogP contribution is 2.24. The second-order valence-electron chi connectivity index (χ2n) is 7.05. The molecule has 4 nitrogen and oxygen atoms in total. The summed E-state index contributed by atoms with van der Waals surface area (Å²) in [6.45, 7) is 10.2. The fraction of sp³-hybridized carbons (Fsp3) is 0.333. The van der Waals surface area contributed by atoms with Crippen LogP contribution in [0.15, 0.2) is 57.8 Å². The molecule has 2 rings (SSSR count). The van der Waals surface area contributed by atoms with Crippen molar-refractivity contribution in [2.24, 2.45) is 9.81 Å². The summed E-state index contributed by atoms with van der Waals surface area (Å²) in [5.74, 6) is -0.350. The maximum Gasteiger partial charge on any atom is 0.338 e. The minimum atomic E-state index is -1.49. The molecule has 138 valence electrons. The van der Waals surface area contributed by atoms with E-state index in [1.54, 1.807) is 19.1 Å². The molecule has 0 heterocycles. The molecule has 0 radical (unpaired) electrons. The van der Waals surface area contributed by atoms with Gasteiger partial charge in [-0.15, -0.1) is 0 Å². The number of rotatable bonds is 5. The maximum absolute atomic E-state index is 12.7. The molecule has 0 bridgehead atoms. The first kappa shape index (κ1) is 20.0. The first-order valence-electron chi connectivity index (χ1n) is 8.57. The van der Waals surface area contributed by atoms with E-state index in [-0.39, 0.29) is 11.4 Å². The summed E-state index contributed by atoms with van der Waals surface area (Å²) in [5.41, 5.74) is 2.87. The van der Waals surface area contributed by atoms with Gasteiger partial charge in [-0.3, -0.25) is 0 Å². The van der Waals surface area contributed by atoms with Crippen molar-refractivity contribution in [2.45, 2.75) is 39.5 Å². The van der Waals surface area contributed by atoms with E-state index in [1.807, 2.05) is 64.1 Å². The lowest BCUT2D eigenvalue weighted by atomic mass is 9.85. The van der Waals surface area contributed by atoms with Crippen molar-refractivity contribution in [3.8, 4) is 0 Å². The topological polar surface area (TPSA) is 55.7 Å². The van der Waals surface area contributed by atoms with Crippen molar-refractivity contribution in [2.75, 3.05) is 6.61 Å². The zero-order valence-corrected chi connectivity index (χ0v) is 16.7. The second-order valence-corrected chi connectivity index (χ2v) is 8.20. The van der Waals surface area contributed by atoms with Gasteiger partial charge in [-0.05, 0) is 43.7 Å². The number of hydrogen-bond donors (Lipinski definition) is 0. The summed E-state index contributed by atoms with van der Waals surface area (Å²) in [4.78, 5) is 12.5. The summed E-state index contributed by atoms with van der Waals surface area (Å²) in [7, 11) is -1.49. The Morgan fingerprint density at radius 3 is 2.04 bits per heavy atom. The standard InChI is InChI=1S/C21H25NO3S/c1-6-25-20(23)17-11-9-16(10-12-17)19(21(3,4)5)22-26(24)18-13-7-15(2)8-14-18/h7-14H,6H2,1-5H3. The quantitative estimate of drug-likeness (QED) is 0.564. The summed E-state index contributed by atoms with van der Waals surface area (Å²) in [6, 6.07) is 14.6. The molecule has 0 fully saturated rings. The van der Waals surface area contributed by atoms with E-state index in [0.29, 0.717) is 17.1 Å². The molecular weight excluding hydrogens is 346 g/mol. The average molecular weight is 372 g/mol. The van der Waals surface area contributed by atoms with Gasteiger partial charge >= 0.3 is 5.97 Å². The Labute approximate surface area is 157 Å². The molecule has 5 heteroatoms. The van der Waals surface area contributed by atoms with Gasteiger partial charge in [-0.2, -0.15) is 4.40 Å². The molecular formula is C21H25NO3S. The smallest absolute Gasteiger partial charge is 0.338 e. The van der Waals surface area contributed by atoms with Crippen LogP contribution in [0.3, 0.4) is 0 Å². The third kappa shape index (κ3) is 5.11. The second kappa shape index (κ2) is 8.41. The van der Waals surface area contributed by atoms with Crippen LogP contribution in [-0.4, -0.2) is 22.5 Å². The van der Waals surface area contributed by atoms with Crippen LogP contribution < -0.4 is 0 Å². The fourth-order valence-corrected chi connectivity index (χ4v) is 3.41. The molecule has 0 aliphatic rings. The Morgan fingerprint density at radius 2 is 1.54 bits per heavy atom. The van der Waals surface area contributed by atoms with Crippen LogP contribution in [0.4, 0.5) is 0 Å². The number of aryl methyl sites for hydroxylation is 1. The van der Waals surface area contributed by atoms with Gasteiger partial charge in [0.1, 0.15) is 0 Å². The molecule has 0 aromatic heterocycles. The highest BCUT2D eigenvalue weighted by Gasteiger charge is 2.22. The molecule has 1 unspecified atom stereocenters. The minimum absolute atomic E-state index is 0.300. The predicted octanol–water partition coefficient (Wildman–Crippen LogP) is 4.73. The van der Waals surface area contributed by atoms with E-state index in [9.17, 15) is 9.00 Å². The molecule has 0 spiro atoms. The van der Waals surface area contributed by atoms with Crippen LogP contribution in [0.1, 0.15) is 49.2 Å². The Bertz CT molecular complexity index is 816. The molecule has 2 aromatic carbocycles. The van der Waals surface area contributed by atoms with Gasteiger partial charge in [0.25, 0.3) is 0 Å². The van der Waals surface area contributed by atoms with Crippen LogP contribution in [0.5, 0.6) is 0 Å². The van der Waals surface area contributed by atoms with E-state index in [1.165, 1.54) is 0 Å². The van der Waals surface area contributed by atoms with Crippen molar-refractivity contribution < 1.29 is 13.7 Å². The van der Waals surface area contributed by atoms with E-state index in [0.717, 1.165) is 16.8 Å². The van der Waals surface area contributed by atoms with Gasteiger partial charge in [0.2, 0.25) is 0 Å². The molecule has 1 atom stereocenters. The fourth-order valence-electron chi connectivity index (χ4n) is 2.39. The van der Waals surface area contributed by atoms with Crippen LogP contribution in [0, 0.1) is 12.3 Å². The van der Waals surface area contributed by atoms with Crippen LogP contribution in [0.2, 0.25) is 0 Å². The molecule has 0 N–H and O–H groups in total. The number of ether oxygens (including phenoxy) is 1. The normalized spacial score (nSPS) is 13.3. The minimum Gasteiger partial charge on any atom is -0.462 e. The van der Waals surface area contributed by atoms with Crippen LogP contribution >= 0.6 is 0 Å². The SMILES string of the molecule is CCOC(=O)c1ccc(C(=NS(=O)c2ccc(C)cc2)C(C)(C)C)cc1. The summed E-state index contributed by atoms with van der Waals surface area (Å²) < 4.78 is 22.2. The van der Waals surface area contributed by atoms with Gasteiger partial charge in [0.15, 0.2) is 11.0 Å². The third-order valence-electron chi connectivity index (χ3n) is 3.78. The van der Waals surface area contributed by atoms with Gasteiger partial charge < -0.3 is 4.74 Å². The zero-order chi connectivity index (χ0) is 19.3. The van der Waals surface area contributed by atoms with Crippen molar-refractivity contribution in [1.29, 1.82) is 0 Å². The molecule has 0 aliphatic carbocycles. The molecule has 0 saturated carbocycles. The van der Waals surface area contributed by atoms with Gasteiger partial charge in [-0.1, -0.05) is 50.6 Å². The number of nitrogens with zero attached hydrogens (tertiary/aromatic N) is 1. The highest BCUT2D eigenvalue weighted by atomic mass is 32.2. The molecule has 0 aliphatic heterocycles. The largest absolute Gasteiger partial charge is 0.462 e. The summed E-state index contributed by atoms with van der Waals surface area (Å²) in [5, 5.41) is 0. The molecule has 0 amide bonds. The zero-order valence-electron chi connectivity index (χ0n) is 15.9. The average Bonchev–Trinajstić information content (AvgIpc) is 2.59. The van der Waals surface area contributed by atoms with Crippen LogP contribution in [0.25, 0.3) is 0 Å². The van der Waals surface area contributed by atoms with E-state index >= 15 is 0 Å². The highest BCUT2D eigenvalue weighted by molar-refractivity contribution is 7.84. The maximum atomic E-state index is 12.7. The molecule has 0 saturated heterocycles. The lowest BCUT2D eigenvalue weighted by Gasteiger charge is -2.21. The summed E-state index contributed by atoms with van der Waals surface area (Å²) >= 11 is 0. The van der Waals surface area contributed by atoms with Crippen molar-refractivity contribution in [3.63, 3.8) is 0 Å². The predicted molar refractivity (Wildman–Crippen MR) is 106 cm³/mol. The first-order chi connectivity index (χ1) is 12.2. The Hall–Kier alpha value is -2.27. The Morgan fingerprint density at radius 1 is 1.00 bits per heavy atom. The number of esters is 1. The number of carbonyl (C=O) groups excluding carboxylic acids is 1. The van der Waals surface area contributed by atoms with Crippen molar-refractivity contribution in [1.82, 2.24) is 0 Å². The molecule has 2 aromatic rings. The first-order valence-corrected chi connectivity index (χ1v) is 9.68. The third-order valence-corrected chi connectivity index (χ3v) is 4.80. The van der Waals surface area contributed by atoms with Crippen molar-refractivity contribution >= 4 is 22.7 Å². The van der Waals surface area contributed by atoms with Gasteiger partial charge in [0, 0.05) is 5.41 Å². The number of hydrogen-bond acceptors (Lipinski definition) is 3. The molecule has 26 heavy (non-hydrogen) atoms. The van der Waals surface area contributed by atoms with Crippen LogP contribution in [-0.2, 0) is 15.7 Å². The number of carbonyl (C=O) groups is 1. The monoisotopic (exact) mass is 371 g/mol.